The molecule has 0 bridgehead atoms. The largest absolute Gasteiger partial charge is 0.321 e. The summed E-state index contributed by atoms with van der Waals surface area (Å²) in [5.74, 6) is -0.308. The summed E-state index contributed by atoms with van der Waals surface area (Å²) in [6, 6.07) is 10.1. The lowest BCUT2D eigenvalue weighted by Gasteiger charge is -2.03. The number of hydrogen-bond acceptors (Lipinski definition) is 4. The van der Waals surface area contributed by atoms with Crippen LogP contribution in [0, 0.1) is 11.3 Å². The van der Waals surface area contributed by atoms with Crippen molar-refractivity contribution in [2.24, 2.45) is 0 Å². The normalized spacial score (nSPS) is 9.35. The molecule has 1 heterocycles. The van der Waals surface area contributed by atoms with Crippen molar-refractivity contribution in [1.29, 1.82) is 5.26 Å². The summed E-state index contributed by atoms with van der Waals surface area (Å²) >= 11 is 0. The van der Waals surface area contributed by atoms with Gasteiger partial charge in [0, 0.05) is 11.9 Å². The van der Waals surface area contributed by atoms with Crippen LogP contribution in [0.5, 0.6) is 0 Å². The Morgan fingerprint density at radius 1 is 1.24 bits per heavy atom. The molecule has 0 fully saturated rings. The number of carbonyl (C=O) groups excluding carboxylic acids is 1. The molecule has 0 saturated carbocycles. The van der Waals surface area contributed by atoms with Crippen molar-refractivity contribution in [2.45, 2.75) is 0 Å². The van der Waals surface area contributed by atoms with E-state index in [9.17, 15) is 4.79 Å². The molecular formula is C12H8N4O. The Morgan fingerprint density at radius 2 is 2.00 bits per heavy atom. The zero-order valence-electron chi connectivity index (χ0n) is 8.79. The van der Waals surface area contributed by atoms with E-state index in [0.717, 1.165) is 0 Å². The number of rotatable bonds is 2. The maximum Gasteiger partial charge on any atom is 0.274 e. The number of nitrogens with one attached hydrogen (secondary N) is 1. The van der Waals surface area contributed by atoms with E-state index in [2.05, 4.69) is 15.3 Å². The van der Waals surface area contributed by atoms with Gasteiger partial charge in [0.05, 0.1) is 11.6 Å². The van der Waals surface area contributed by atoms with Gasteiger partial charge < -0.3 is 5.32 Å². The molecule has 17 heavy (non-hydrogen) atoms. The van der Waals surface area contributed by atoms with Crippen LogP contribution in [0.2, 0.25) is 0 Å². The smallest absolute Gasteiger partial charge is 0.274 e. The molecule has 0 aliphatic carbocycles. The van der Waals surface area contributed by atoms with E-state index in [0.29, 0.717) is 16.9 Å². The van der Waals surface area contributed by atoms with Gasteiger partial charge in [-0.1, -0.05) is 0 Å². The van der Waals surface area contributed by atoms with Gasteiger partial charge in [0.1, 0.15) is 12.0 Å². The number of aromatic nitrogens is 2. The lowest BCUT2D eigenvalue weighted by Crippen LogP contribution is -2.13. The van der Waals surface area contributed by atoms with Crippen molar-refractivity contribution < 1.29 is 4.79 Å². The van der Waals surface area contributed by atoms with E-state index in [4.69, 9.17) is 5.26 Å². The second-order valence-electron chi connectivity index (χ2n) is 3.24. The van der Waals surface area contributed by atoms with E-state index in [1.807, 2.05) is 6.07 Å². The molecular weight excluding hydrogens is 216 g/mol. The molecule has 0 aliphatic heterocycles. The van der Waals surface area contributed by atoms with E-state index < -0.39 is 0 Å². The van der Waals surface area contributed by atoms with Crippen LogP contribution in [0.15, 0.2) is 42.9 Å². The summed E-state index contributed by atoms with van der Waals surface area (Å²) in [5, 5.41) is 11.3. The number of benzene rings is 1. The summed E-state index contributed by atoms with van der Waals surface area (Å²) < 4.78 is 0. The molecule has 0 aliphatic rings. The maximum absolute atomic E-state index is 11.7. The zero-order chi connectivity index (χ0) is 12.1. The SMILES string of the molecule is N#Cc1ccc(NC(=O)c2ccncn2)cc1. The van der Waals surface area contributed by atoms with Gasteiger partial charge in [-0.3, -0.25) is 4.79 Å². The van der Waals surface area contributed by atoms with Gasteiger partial charge >= 0.3 is 0 Å². The van der Waals surface area contributed by atoms with E-state index in [-0.39, 0.29) is 5.91 Å². The Morgan fingerprint density at radius 3 is 2.59 bits per heavy atom. The number of amides is 1. The second-order valence-corrected chi connectivity index (χ2v) is 3.24. The Balaban J connectivity index is 2.11. The Hall–Kier alpha value is -2.74. The monoisotopic (exact) mass is 224 g/mol. The molecule has 0 saturated heterocycles. The van der Waals surface area contributed by atoms with Crippen LogP contribution in [-0.2, 0) is 0 Å². The lowest BCUT2D eigenvalue weighted by atomic mass is 10.2. The predicted octanol–water partition coefficient (Wildman–Crippen LogP) is 1.60. The summed E-state index contributed by atoms with van der Waals surface area (Å²) in [4.78, 5) is 19.3. The minimum Gasteiger partial charge on any atom is -0.321 e. The van der Waals surface area contributed by atoms with Gasteiger partial charge in [-0.25, -0.2) is 9.97 Å². The zero-order valence-corrected chi connectivity index (χ0v) is 8.79. The molecule has 1 N–H and O–H groups in total. The third kappa shape index (κ3) is 2.63. The van der Waals surface area contributed by atoms with E-state index in [1.165, 1.54) is 18.6 Å². The minimum atomic E-state index is -0.308. The van der Waals surface area contributed by atoms with Crippen molar-refractivity contribution in [3.05, 3.63) is 54.1 Å². The Bertz CT molecular complexity index is 557. The fourth-order valence-corrected chi connectivity index (χ4v) is 1.25. The van der Waals surface area contributed by atoms with Crippen LogP contribution >= 0.6 is 0 Å². The van der Waals surface area contributed by atoms with Gasteiger partial charge in [0.25, 0.3) is 5.91 Å². The number of hydrogen-bond donors (Lipinski definition) is 1. The van der Waals surface area contributed by atoms with Crippen LogP contribution in [0.1, 0.15) is 16.1 Å². The molecule has 1 amide bonds. The first kappa shape index (κ1) is 10.8. The van der Waals surface area contributed by atoms with Gasteiger partial charge in [-0.2, -0.15) is 5.26 Å². The molecule has 0 unspecified atom stereocenters. The maximum atomic E-state index is 11.7. The fraction of sp³-hybridized carbons (Fsp3) is 0. The molecule has 0 radical (unpaired) electrons. The highest BCUT2D eigenvalue weighted by Gasteiger charge is 2.06. The van der Waals surface area contributed by atoms with Gasteiger partial charge in [0.15, 0.2) is 0 Å². The number of nitrogens with zero attached hydrogens (tertiary/aromatic N) is 3. The molecule has 2 rings (SSSR count). The van der Waals surface area contributed by atoms with Crippen LogP contribution < -0.4 is 5.32 Å². The molecule has 0 atom stereocenters. The predicted molar refractivity (Wildman–Crippen MR) is 61.1 cm³/mol. The van der Waals surface area contributed by atoms with E-state index >= 15 is 0 Å². The fourth-order valence-electron chi connectivity index (χ4n) is 1.25. The summed E-state index contributed by atoms with van der Waals surface area (Å²) in [5.41, 5.74) is 1.46. The first-order chi connectivity index (χ1) is 8.29. The first-order valence-electron chi connectivity index (χ1n) is 4.87. The van der Waals surface area contributed by atoms with Crippen LogP contribution in [0.25, 0.3) is 0 Å². The number of nitriles is 1. The van der Waals surface area contributed by atoms with Crippen molar-refractivity contribution in [3.63, 3.8) is 0 Å². The molecule has 1 aromatic heterocycles. The van der Waals surface area contributed by atoms with Gasteiger partial charge in [-0.15, -0.1) is 0 Å². The first-order valence-corrected chi connectivity index (χ1v) is 4.87. The third-order valence-corrected chi connectivity index (χ3v) is 2.09. The molecule has 0 spiro atoms. The second kappa shape index (κ2) is 4.86. The highest BCUT2D eigenvalue weighted by Crippen LogP contribution is 2.09. The van der Waals surface area contributed by atoms with Gasteiger partial charge in [0.2, 0.25) is 0 Å². The highest BCUT2D eigenvalue weighted by molar-refractivity contribution is 6.02. The Labute approximate surface area is 97.8 Å². The molecule has 82 valence electrons. The van der Waals surface area contributed by atoms with Gasteiger partial charge in [-0.05, 0) is 30.3 Å². The molecule has 2 aromatic rings. The summed E-state index contributed by atoms with van der Waals surface area (Å²) in [7, 11) is 0. The van der Waals surface area contributed by atoms with E-state index in [1.54, 1.807) is 24.3 Å². The van der Waals surface area contributed by atoms with Crippen LogP contribution in [0.3, 0.4) is 0 Å². The average molecular weight is 224 g/mol. The average Bonchev–Trinajstić information content (AvgIpc) is 2.40. The summed E-state index contributed by atoms with van der Waals surface area (Å²) in [6.45, 7) is 0. The standard InChI is InChI=1S/C12H8N4O/c13-7-9-1-3-10(4-2-9)16-12(17)11-5-6-14-8-15-11/h1-6,8H,(H,16,17). The molecule has 1 aromatic carbocycles. The van der Waals surface area contributed by atoms with Crippen molar-refractivity contribution in [2.75, 3.05) is 5.32 Å². The van der Waals surface area contributed by atoms with Crippen LogP contribution in [-0.4, -0.2) is 15.9 Å². The Kier molecular flexibility index (Phi) is 3.08. The topological polar surface area (TPSA) is 78.7 Å². The molecule has 5 nitrogen and oxygen atoms in total. The van der Waals surface area contributed by atoms with Crippen molar-refractivity contribution in [3.8, 4) is 6.07 Å². The quantitative estimate of drug-likeness (QED) is 0.840. The number of carbonyl (C=O) groups is 1. The third-order valence-electron chi connectivity index (χ3n) is 2.09. The minimum absolute atomic E-state index is 0.296. The van der Waals surface area contributed by atoms with Crippen molar-refractivity contribution in [1.82, 2.24) is 9.97 Å². The van der Waals surface area contributed by atoms with Crippen molar-refractivity contribution >= 4 is 11.6 Å². The highest BCUT2D eigenvalue weighted by atomic mass is 16.1. The molecule has 5 heteroatoms. The number of anilines is 1. The summed E-state index contributed by atoms with van der Waals surface area (Å²) in [6.07, 6.45) is 2.81. The van der Waals surface area contributed by atoms with Crippen LogP contribution in [0.4, 0.5) is 5.69 Å². The lowest BCUT2D eigenvalue weighted by molar-refractivity contribution is 0.102.